The number of aliphatic hydroxyl groups excluding tert-OH is 1. The van der Waals surface area contributed by atoms with Gasteiger partial charge in [0, 0.05) is 24.6 Å². The Bertz CT molecular complexity index is 396. The number of aliphatic carboxylic acids is 1. The summed E-state index contributed by atoms with van der Waals surface area (Å²) in [6.07, 6.45) is 1.59. The van der Waals surface area contributed by atoms with Gasteiger partial charge in [0.15, 0.2) is 0 Å². The monoisotopic (exact) mass is 273 g/mol. The first-order chi connectivity index (χ1) is 8.54. The van der Waals surface area contributed by atoms with E-state index >= 15 is 0 Å². The van der Waals surface area contributed by atoms with Crippen LogP contribution in [0.2, 0.25) is 0 Å². The molecule has 0 aromatic carbocycles. The fraction of sp³-hybridized carbons (Fsp3) is 0.500. The van der Waals surface area contributed by atoms with Crippen molar-refractivity contribution in [2.24, 2.45) is 0 Å². The van der Waals surface area contributed by atoms with Crippen LogP contribution in [-0.2, 0) is 4.79 Å². The number of carboxylic acid groups (broad SMARTS) is 1. The minimum Gasteiger partial charge on any atom is -0.480 e. The molecule has 18 heavy (non-hydrogen) atoms. The summed E-state index contributed by atoms with van der Waals surface area (Å²) < 4.78 is 0. The number of aliphatic hydroxyl groups is 1. The molecule has 0 fully saturated rings. The first kappa shape index (κ1) is 14.4. The second-order valence-corrected chi connectivity index (χ2v) is 4.54. The minimum atomic E-state index is -1.18. The van der Waals surface area contributed by atoms with Gasteiger partial charge < -0.3 is 20.8 Å². The second kappa shape index (κ2) is 6.92. The molecule has 1 heterocycles. The lowest BCUT2D eigenvalue weighted by Crippen LogP contribution is -2.47. The van der Waals surface area contributed by atoms with Gasteiger partial charge in [-0.25, -0.2) is 14.6 Å². The molecule has 0 spiro atoms. The van der Waals surface area contributed by atoms with Crippen molar-refractivity contribution in [1.29, 1.82) is 0 Å². The van der Waals surface area contributed by atoms with Gasteiger partial charge in [-0.15, -0.1) is 11.3 Å². The Morgan fingerprint density at radius 1 is 1.50 bits per heavy atom. The van der Waals surface area contributed by atoms with Gasteiger partial charge in [-0.1, -0.05) is 0 Å². The molecule has 0 aliphatic heterocycles. The van der Waals surface area contributed by atoms with Crippen LogP contribution in [0.4, 0.5) is 4.79 Å². The van der Waals surface area contributed by atoms with E-state index in [2.05, 4.69) is 15.6 Å². The highest BCUT2D eigenvalue weighted by Gasteiger charge is 2.20. The van der Waals surface area contributed by atoms with Crippen molar-refractivity contribution in [1.82, 2.24) is 15.6 Å². The van der Waals surface area contributed by atoms with E-state index in [1.54, 1.807) is 18.5 Å². The van der Waals surface area contributed by atoms with E-state index < -0.39 is 18.0 Å². The summed E-state index contributed by atoms with van der Waals surface area (Å²) >= 11 is 1.40. The lowest BCUT2D eigenvalue weighted by atomic mass is 10.2. The highest BCUT2D eigenvalue weighted by Crippen LogP contribution is 2.14. The highest BCUT2D eigenvalue weighted by atomic mass is 32.1. The lowest BCUT2D eigenvalue weighted by molar-refractivity contribution is -0.139. The summed E-state index contributed by atoms with van der Waals surface area (Å²) in [6, 6.07) is -1.99. The van der Waals surface area contributed by atoms with Crippen molar-refractivity contribution < 1.29 is 19.8 Å². The van der Waals surface area contributed by atoms with Gasteiger partial charge in [0.2, 0.25) is 0 Å². The van der Waals surface area contributed by atoms with Crippen LogP contribution in [0.25, 0.3) is 0 Å². The molecule has 8 heteroatoms. The van der Waals surface area contributed by atoms with Crippen LogP contribution in [0.15, 0.2) is 11.6 Å². The SMILES string of the molecule is CC(NC(=O)N[C@@H](CCO)C(=O)O)c1nccs1. The zero-order valence-electron chi connectivity index (χ0n) is 9.79. The first-order valence-corrected chi connectivity index (χ1v) is 6.22. The Hall–Kier alpha value is -1.67. The number of hydrogen-bond acceptors (Lipinski definition) is 5. The van der Waals surface area contributed by atoms with Crippen LogP contribution < -0.4 is 10.6 Å². The molecule has 1 aromatic rings. The van der Waals surface area contributed by atoms with E-state index in [1.807, 2.05) is 0 Å². The van der Waals surface area contributed by atoms with Crippen molar-refractivity contribution in [3.63, 3.8) is 0 Å². The summed E-state index contributed by atoms with van der Waals surface area (Å²) in [5.41, 5.74) is 0. The topological polar surface area (TPSA) is 112 Å². The van der Waals surface area contributed by atoms with Crippen molar-refractivity contribution in [3.05, 3.63) is 16.6 Å². The van der Waals surface area contributed by atoms with Crippen molar-refractivity contribution in [2.75, 3.05) is 6.61 Å². The summed E-state index contributed by atoms with van der Waals surface area (Å²) in [5, 5.41) is 24.9. The zero-order chi connectivity index (χ0) is 13.5. The van der Waals surface area contributed by atoms with Gasteiger partial charge in [0.1, 0.15) is 11.0 Å². The predicted octanol–water partition coefficient (Wildman–Crippen LogP) is 0.339. The molecular formula is C10H15N3O4S. The molecule has 100 valence electrons. The van der Waals surface area contributed by atoms with Crippen molar-refractivity contribution in [3.8, 4) is 0 Å². The van der Waals surface area contributed by atoms with Crippen molar-refractivity contribution >= 4 is 23.3 Å². The number of hydrogen-bond donors (Lipinski definition) is 4. The Morgan fingerprint density at radius 2 is 2.22 bits per heavy atom. The average Bonchev–Trinajstić information content (AvgIpc) is 2.81. The fourth-order valence-electron chi connectivity index (χ4n) is 1.29. The number of aromatic nitrogens is 1. The minimum absolute atomic E-state index is 0.0333. The largest absolute Gasteiger partial charge is 0.480 e. The third kappa shape index (κ3) is 4.30. The maximum Gasteiger partial charge on any atom is 0.326 e. The molecule has 2 amide bonds. The van der Waals surface area contributed by atoms with Gasteiger partial charge in [0.25, 0.3) is 0 Å². The molecule has 0 bridgehead atoms. The van der Waals surface area contributed by atoms with Gasteiger partial charge in [0.05, 0.1) is 6.04 Å². The van der Waals surface area contributed by atoms with Crippen LogP contribution in [0.1, 0.15) is 24.4 Å². The van der Waals surface area contributed by atoms with Gasteiger partial charge in [-0.2, -0.15) is 0 Å². The number of carboxylic acids is 1. The molecule has 7 nitrogen and oxygen atoms in total. The van der Waals surface area contributed by atoms with Crippen LogP contribution in [0.5, 0.6) is 0 Å². The van der Waals surface area contributed by atoms with Crippen LogP contribution in [-0.4, -0.2) is 39.8 Å². The molecule has 1 aromatic heterocycles. The number of thiazole rings is 1. The fourth-order valence-corrected chi connectivity index (χ4v) is 1.94. The maximum absolute atomic E-state index is 11.5. The number of carbonyl (C=O) groups excluding carboxylic acids is 1. The van der Waals surface area contributed by atoms with Gasteiger partial charge in [-0.05, 0) is 6.92 Å². The Kier molecular flexibility index (Phi) is 5.53. The second-order valence-electron chi connectivity index (χ2n) is 3.61. The molecule has 0 saturated heterocycles. The lowest BCUT2D eigenvalue weighted by Gasteiger charge is -2.16. The summed E-state index contributed by atoms with van der Waals surface area (Å²) in [5.74, 6) is -1.18. The van der Waals surface area contributed by atoms with Crippen molar-refractivity contribution in [2.45, 2.75) is 25.4 Å². The van der Waals surface area contributed by atoms with E-state index in [4.69, 9.17) is 10.2 Å². The van der Waals surface area contributed by atoms with Crippen LogP contribution in [0.3, 0.4) is 0 Å². The molecule has 2 atom stereocenters. The van der Waals surface area contributed by atoms with Gasteiger partial charge in [-0.3, -0.25) is 0 Å². The average molecular weight is 273 g/mol. The third-order valence-corrected chi connectivity index (χ3v) is 3.15. The summed E-state index contributed by atoms with van der Waals surface area (Å²) in [4.78, 5) is 26.4. The number of nitrogens with one attached hydrogen (secondary N) is 2. The smallest absolute Gasteiger partial charge is 0.326 e. The van der Waals surface area contributed by atoms with E-state index in [9.17, 15) is 9.59 Å². The number of carbonyl (C=O) groups is 2. The standard InChI is InChI=1S/C10H15N3O4S/c1-6(8-11-3-5-18-8)12-10(17)13-7(2-4-14)9(15)16/h3,5-7,14H,2,4H2,1H3,(H,15,16)(H2,12,13,17)/t6?,7-/m0/s1. The molecule has 1 unspecified atom stereocenters. The first-order valence-electron chi connectivity index (χ1n) is 5.34. The molecule has 0 radical (unpaired) electrons. The van der Waals surface area contributed by atoms with E-state index in [1.165, 1.54) is 11.3 Å². The molecule has 0 aliphatic carbocycles. The number of amides is 2. The Balaban J connectivity index is 2.47. The van der Waals surface area contributed by atoms with Crippen LogP contribution in [0, 0.1) is 0 Å². The Morgan fingerprint density at radius 3 is 2.72 bits per heavy atom. The number of nitrogens with zero attached hydrogens (tertiary/aromatic N) is 1. The molecule has 0 saturated carbocycles. The molecule has 1 rings (SSSR count). The molecular weight excluding hydrogens is 258 g/mol. The van der Waals surface area contributed by atoms with E-state index in [0.29, 0.717) is 0 Å². The summed E-state index contributed by atoms with van der Waals surface area (Å²) in [6.45, 7) is 1.44. The molecule has 4 N–H and O–H groups in total. The highest BCUT2D eigenvalue weighted by molar-refractivity contribution is 7.09. The predicted molar refractivity (Wildman–Crippen MR) is 65.3 cm³/mol. The maximum atomic E-state index is 11.5. The quantitative estimate of drug-likeness (QED) is 0.597. The Labute approximate surface area is 108 Å². The summed E-state index contributed by atoms with van der Waals surface area (Å²) in [7, 11) is 0. The third-order valence-electron chi connectivity index (χ3n) is 2.19. The number of urea groups is 1. The molecule has 0 aliphatic rings. The van der Waals surface area contributed by atoms with Gasteiger partial charge >= 0.3 is 12.0 Å². The van der Waals surface area contributed by atoms with E-state index in [0.717, 1.165) is 5.01 Å². The zero-order valence-corrected chi connectivity index (χ0v) is 10.6. The van der Waals surface area contributed by atoms with E-state index in [-0.39, 0.29) is 19.1 Å². The normalized spacial score (nSPS) is 13.7. The van der Waals surface area contributed by atoms with Crippen LogP contribution >= 0.6 is 11.3 Å². The number of rotatable bonds is 6.